The van der Waals surface area contributed by atoms with Gasteiger partial charge in [0.15, 0.2) is 5.75 Å². The Bertz CT molecular complexity index is 839. The van der Waals surface area contributed by atoms with E-state index in [1.54, 1.807) is 6.92 Å². The van der Waals surface area contributed by atoms with Crippen molar-refractivity contribution in [2.75, 3.05) is 31.8 Å². The molecule has 1 N–H and O–H groups in total. The Morgan fingerprint density at radius 2 is 2.09 bits per heavy atom. The molecule has 1 aromatic rings. The molecule has 0 saturated heterocycles. The van der Waals surface area contributed by atoms with Gasteiger partial charge in [-0.05, 0) is 62.4 Å². The molecule has 180 valence electrons. The molecule has 1 aromatic heterocycles. The molecule has 8 nitrogen and oxygen atoms in total. The van der Waals surface area contributed by atoms with Gasteiger partial charge in [-0.1, -0.05) is 6.42 Å². The van der Waals surface area contributed by atoms with Crippen molar-refractivity contribution in [1.82, 2.24) is 4.72 Å². The second-order valence-electron chi connectivity index (χ2n) is 8.83. The lowest BCUT2D eigenvalue weighted by Gasteiger charge is -2.44. The molecule has 1 saturated carbocycles. The van der Waals surface area contributed by atoms with Gasteiger partial charge in [-0.25, -0.2) is 9.59 Å². The first-order chi connectivity index (χ1) is 15.1. The summed E-state index contributed by atoms with van der Waals surface area (Å²) >= 11 is 3.31. The van der Waals surface area contributed by atoms with E-state index in [1.165, 1.54) is 18.4 Å². The van der Waals surface area contributed by atoms with Crippen molar-refractivity contribution in [3.63, 3.8) is 0 Å². The van der Waals surface area contributed by atoms with Gasteiger partial charge in [0.05, 0.1) is 26.3 Å². The molecule has 0 aromatic carbocycles. The summed E-state index contributed by atoms with van der Waals surface area (Å²) < 4.78 is 32.8. The summed E-state index contributed by atoms with van der Waals surface area (Å²) in [7, 11) is 1.32. The van der Waals surface area contributed by atoms with Crippen LogP contribution in [0, 0.1) is 5.92 Å². The fourth-order valence-electron chi connectivity index (χ4n) is 3.85. The highest BCUT2D eigenvalue weighted by molar-refractivity contribution is 9.11. The first-order valence-corrected chi connectivity index (χ1v) is 13.5. The topological polar surface area (TPSA) is 100 Å². The highest BCUT2D eigenvalue weighted by atomic mass is 79.9. The van der Waals surface area contributed by atoms with Crippen LogP contribution in [0.5, 0.6) is 5.75 Å². The van der Waals surface area contributed by atoms with E-state index < -0.39 is 40.1 Å². The largest absolute Gasteiger partial charge is 0.598 e. The molecular weight excluding hydrogens is 520 g/mol. The molecular formula is C21H31BrN2O6S2. The molecule has 1 aliphatic carbocycles. The summed E-state index contributed by atoms with van der Waals surface area (Å²) in [5.74, 6) is -0.221. The van der Waals surface area contributed by atoms with Crippen LogP contribution in [0.3, 0.4) is 0 Å². The lowest BCUT2D eigenvalue weighted by atomic mass is 9.77. The van der Waals surface area contributed by atoms with E-state index in [2.05, 4.69) is 20.7 Å². The quantitative estimate of drug-likeness (QED) is 0.386. The third kappa shape index (κ3) is 5.22. The SMILES string of the molecule is CCOC(=O)C(C(N[S@@+]([O-])C(C)(C)C)C1CCC1)N1CCOc2c(Br)sc(C(=O)OC)c21. The van der Waals surface area contributed by atoms with Crippen LogP contribution in [-0.4, -0.2) is 60.2 Å². The Kier molecular flexibility index (Phi) is 8.40. The van der Waals surface area contributed by atoms with E-state index in [0.717, 1.165) is 19.3 Å². The maximum absolute atomic E-state index is 13.4. The summed E-state index contributed by atoms with van der Waals surface area (Å²) in [6.45, 7) is 8.40. The zero-order chi connectivity index (χ0) is 23.6. The Hall–Kier alpha value is -1.01. The van der Waals surface area contributed by atoms with Gasteiger partial charge in [-0.15, -0.1) is 16.1 Å². The van der Waals surface area contributed by atoms with Gasteiger partial charge in [0, 0.05) is 11.4 Å². The highest BCUT2D eigenvalue weighted by Crippen LogP contribution is 2.49. The van der Waals surface area contributed by atoms with Crippen LogP contribution in [-0.2, 0) is 25.6 Å². The van der Waals surface area contributed by atoms with Crippen LogP contribution in [0.15, 0.2) is 3.79 Å². The highest BCUT2D eigenvalue weighted by Gasteiger charge is 2.48. The fourth-order valence-corrected chi connectivity index (χ4v) is 6.46. The number of ether oxygens (including phenoxy) is 3. The van der Waals surface area contributed by atoms with Crippen LogP contribution in [0.25, 0.3) is 0 Å². The number of thiophene rings is 1. The minimum atomic E-state index is -1.38. The normalized spacial score (nSPS) is 19.3. The number of esters is 2. The number of fused-ring (bicyclic) bond motifs is 1. The summed E-state index contributed by atoms with van der Waals surface area (Å²) in [6.07, 6.45) is 2.93. The molecule has 0 amide bonds. The van der Waals surface area contributed by atoms with Gasteiger partial charge in [-0.2, -0.15) is 0 Å². The summed E-state index contributed by atoms with van der Waals surface area (Å²) in [5.41, 5.74) is 0.519. The predicted molar refractivity (Wildman–Crippen MR) is 129 cm³/mol. The molecule has 1 aliphatic heterocycles. The van der Waals surface area contributed by atoms with Crippen LogP contribution in [0.4, 0.5) is 5.69 Å². The molecule has 1 fully saturated rings. The smallest absolute Gasteiger partial charge is 0.350 e. The van der Waals surface area contributed by atoms with Crippen molar-refractivity contribution >= 4 is 56.3 Å². The predicted octanol–water partition coefficient (Wildman–Crippen LogP) is 3.65. The number of methoxy groups -OCH3 is 1. The minimum Gasteiger partial charge on any atom is -0.598 e. The molecule has 11 heteroatoms. The number of nitrogens with zero attached hydrogens (tertiary/aromatic N) is 1. The zero-order valence-corrected chi connectivity index (χ0v) is 22.3. The van der Waals surface area contributed by atoms with Crippen molar-refractivity contribution in [3.05, 3.63) is 8.66 Å². The molecule has 2 unspecified atom stereocenters. The average molecular weight is 552 g/mol. The van der Waals surface area contributed by atoms with E-state index >= 15 is 0 Å². The lowest BCUT2D eigenvalue weighted by molar-refractivity contribution is -0.146. The van der Waals surface area contributed by atoms with Crippen molar-refractivity contribution in [2.45, 2.75) is 63.8 Å². The molecule has 0 radical (unpaired) electrons. The molecule has 2 aliphatic rings. The van der Waals surface area contributed by atoms with Crippen LogP contribution in [0.2, 0.25) is 0 Å². The first kappa shape index (κ1) is 25.6. The Morgan fingerprint density at radius 1 is 1.41 bits per heavy atom. The first-order valence-electron chi connectivity index (χ1n) is 10.7. The van der Waals surface area contributed by atoms with Gasteiger partial charge >= 0.3 is 11.9 Å². The number of anilines is 1. The molecule has 0 spiro atoms. The van der Waals surface area contributed by atoms with E-state index in [0.29, 0.717) is 33.3 Å². The number of hydrogen-bond acceptors (Lipinski definition) is 9. The third-order valence-corrected chi connectivity index (χ3v) is 9.07. The monoisotopic (exact) mass is 550 g/mol. The summed E-state index contributed by atoms with van der Waals surface area (Å²) in [6, 6.07) is -1.17. The van der Waals surface area contributed by atoms with Crippen LogP contribution < -0.4 is 14.4 Å². The van der Waals surface area contributed by atoms with E-state index in [-0.39, 0.29) is 12.5 Å². The maximum atomic E-state index is 13.4. The second-order valence-corrected chi connectivity index (χ2v) is 13.2. The third-order valence-electron chi connectivity index (χ3n) is 5.70. The van der Waals surface area contributed by atoms with Crippen molar-refractivity contribution < 1.29 is 28.4 Å². The Labute approximate surface area is 204 Å². The second kappa shape index (κ2) is 10.5. The number of rotatable bonds is 8. The Morgan fingerprint density at radius 3 is 2.62 bits per heavy atom. The zero-order valence-electron chi connectivity index (χ0n) is 19.1. The number of carbonyl (C=O) groups is 2. The van der Waals surface area contributed by atoms with Crippen molar-refractivity contribution in [3.8, 4) is 5.75 Å². The Balaban J connectivity index is 2.08. The van der Waals surface area contributed by atoms with Crippen LogP contribution in [0.1, 0.15) is 56.6 Å². The fraction of sp³-hybridized carbons (Fsp3) is 0.714. The van der Waals surface area contributed by atoms with Gasteiger partial charge in [0.2, 0.25) is 0 Å². The van der Waals surface area contributed by atoms with Gasteiger partial charge in [0.1, 0.15) is 31.7 Å². The standard InChI is InChI=1S/C21H31BrN2O6S2/c1-6-29-19(25)14(13(12-8-7-9-12)23-32(27)21(2,3)4)24-10-11-30-16-15(24)17(20(26)28-5)31-18(16)22/h12-14,23H,6-11H2,1-5H3/t13?,14?,32-/m0/s1. The molecule has 3 atom stereocenters. The molecule has 3 rings (SSSR count). The minimum absolute atomic E-state index is 0.172. The van der Waals surface area contributed by atoms with Gasteiger partial charge < -0.3 is 23.7 Å². The number of hydrogen-bond donors (Lipinski definition) is 1. The van der Waals surface area contributed by atoms with E-state index in [1.807, 2.05) is 25.7 Å². The molecule has 32 heavy (non-hydrogen) atoms. The number of nitrogens with one attached hydrogen (secondary N) is 1. The summed E-state index contributed by atoms with van der Waals surface area (Å²) in [5, 5.41) is 0. The maximum Gasteiger partial charge on any atom is 0.350 e. The average Bonchev–Trinajstić information content (AvgIpc) is 3.03. The van der Waals surface area contributed by atoms with Crippen LogP contribution >= 0.6 is 27.3 Å². The van der Waals surface area contributed by atoms with Gasteiger partial charge in [0.25, 0.3) is 0 Å². The number of halogens is 1. The van der Waals surface area contributed by atoms with E-state index in [4.69, 9.17) is 14.2 Å². The number of carbonyl (C=O) groups excluding carboxylic acids is 2. The van der Waals surface area contributed by atoms with Crippen molar-refractivity contribution in [2.24, 2.45) is 5.92 Å². The molecule has 0 bridgehead atoms. The summed E-state index contributed by atoms with van der Waals surface area (Å²) in [4.78, 5) is 28.1. The molecule has 2 heterocycles. The van der Waals surface area contributed by atoms with Gasteiger partial charge in [-0.3, -0.25) is 0 Å². The van der Waals surface area contributed by atoms with E-state index in [9.17, 15) is 14.1 Å². The van der Waals surface area contributed by atoms with Crippen molar-refractivity contribution in [1.29, 1.82) is 0 Å². The lowest BCUT2D eigenvalue weighted by Crippen LogP contribution is -2.63.